The minimum Gasteiger partial charge on any atom is -0.378 e. The number of hydrogen-bond donors (Lipinski definition) is 3. The van der Waals surface area contributed by atoms with Gasteiger partial charge in [-0.2, -0.15) is 13.0 Å². The third-order valence-corrected chi connectivity index (χ3v) is 12.1. The van der Waals surface area contributed by atoms with Gasteiger partial charge in [-0.25, -0.2) is 0 Å². The molecule has 316 valence electrons. The van der Waals surface area contributed by atoms with Crippen LogP contribution < -0.4 is 15.5 Å². The standard InChI is InChI=1S/C43H53N5O10S/c1-7-27-13-9-11-15-32(27)46(5)28(8-2)23-29-39(30(41-40(29)58-41)24-35-43(3,4)31-14-10-12-16-33(31)47(35)6)57-34(26-59(53,54)55)42(52)45-25-36(49)44-19-21-56-22-20-48-37(50)17-18-38(48)51/h9-18,23-24,30,34,39-41H,7-8,19-22,25-26H2,1-6H3,(H2-,44,45,49,52,53,54,55)/p+1/b29-23-,35-24+,46-28?. The molecule has 5 atom stereocenters. The number of aryl methyl sites for hydroxylation is 1. The molecule has 0 aromatic heterocycles. The molecular formula is C43H54N5O10S+. The van der Waals surface area contributed by atoms with Gasteiger partial charge in [-0.05, 0) is 23.6 Å². The number of likely N-dealkylation sites (N-methyl/N-ethyl adjacent to an activating group) is 1. The fourth-order valence-corrected chi connectivity index (χ4v) is 8.83. The zero-order valence-electron chi connectivity index (χ0n) is 34.3. The Kier molecular flexibility index (Phi) is 13.4. The first-order valence-electron chi connectivity index (χ1n) is 19.9. The van der Waals surface area contributed by atoms with Gasteiger partial charge in [0.25, 0.3) is 27.8 Å². The highest BCUT2D eigenvalue weighted by Gasteiger charge is 2.60. The third kappa shape index (κ3) is 9.73. The van der Waals surface area contributed by atoms with E-state index in [0.717, 1.165) is 45.2 Å². The molecular weight excluding hydrogens is 779 g/mol. The summed E-state index contributed by atoms with van der Waals surface area (Å²) in [5.41, 5.74) is 6.70. The molecule has 1 saturated carbocycles. The van der Waals surface area contributed by atoms with Crippen LogP contribution in [0.25, 0.3) is 0 Å². The van der Waals surface area contributed by atoms with Crippen LogP contribution in [0.1, 0.15) is 45.2 Å². The Balaban J connectivity index is 1.23. The second-order valence-electron chi connectivity index (χ2n) is 15.5. The van der Waals surface area contributed by atoms with Gasteiger partial charge in [0.2, 0.25) is 11.6 Å². The molecule has 0 spiro atoms. The number of nitrogens with one attached hydrogen (secondary N) is 2. The van der Waals surface area contributed by atoms with Gasteiger partial charge in [0, 0.05) is 72.6 Å². The molecule has 16 heteroatoms. The van der Waals surface area contributed by atoms with Crippen molar-refractivity contribution in [3.63, 3.8) is 0 Å². The lowest BCUT2D eigenvalue weighted by Gasteiger charge is -2.30. The summed E-state index contributed by atoms with van der Waals surface area (Å²) < 4.78 is 55.2. The lowest BCUT2D eigenvalue weighted by atomic mass is 9.82. The molecule has 0 bridgehead atoms. The third-order valence-electron chi connectivity index (χ3n) is 11.4. The van der Waals surface area contributed by atoms with Crippen molar-refractivity contribution in [3.8, 4) is 0 Å². The molecule has 2 aromatic carbocycles. The number of anilines is 1. The van der Waals surface area contributed by atoms with Crippen molar-refractivity contribution in [1.29, 1.82) is 0 Å². The number of imide groups is 1. The fraction of sp³-hybridized carbons (Fsp3) is 0.465. The van der Waals surface area contributed by atoms with Crippen LogP contribution in [0.5, 0.6) is 0 Å². The quantitative estimate of drug-likeness (QED) is 0.0501. The highest BCUT2D eigenvalue weighted by Crippen LogP contribution is 2.53. The van der Waals surface area contributed by atoms with E-state index in [9.17, 15) is 32.1 Å². The van der Waals surface area contributed by atoms with Crippen molar-refractivity contribution < 1.29 is 50.9 Å². The number of hydrogen-bond acceptors (Lipinski definition) is 10. The normalized spacial score (nSPS) is 24.1. The van der Waals surface area contributed by atoms with Crippen molar-refractivity contribution in [2.45, 2.75) is 70.4 Å². The van der Waals surface area contributed by atoms with Crippen molar-refractivity contribution in [2.75, 3.05) is 57.6 Å². The lowest BCUT2D eigenvalue weighted by Crippen LogP contribution is -2.47. The number of epoxide rings is 1. The number of carbonyl (C=O) groups excluding carboxylic acids is 4. The van der Waals surface area contributed by atoms with Crippen LogP contribution in [-0.2, 0) is 55.3 Å². The maximum Gasteiger partial charge on any atom is 0.267 e. The summed E-state index contributed by atoms with van der Waals surface area (Å²) in [6.45, 7) is 8.19. The summed E-state index contributed by atoms with van der Waals surface area (Å²) in [5, 5.41) is 5.07. The van der Waals surface area contributed by atoms with Gasteiger partial charge in [0.15, 0.2) is 11.8 Å². The summed E-state index contributed by atoms with van der Waals surface area (Å²) in [7, 11) is -0.740. The number of nitrogens with zero attached hydrogens (tertiary/aromatic N) is 3. The number of benzene rings is 2. The molecule has 3 aliphatic heterocycles. The topological polar surface area (TPSA) is 187 Å². The summed E-state index contributed by atoms with van der Waals surface area (Å²) in [4.78, 5) is 53.0. The molecule has 15 nitrogen and oxygen atoms in total. The Morgan fingerprint density at radius 2 is 1.73 bits per heavy atom. The molecule has 1 aliphatic carbocycles. The maximum atomic E-state index is 13.7. The van der Waals surface area contributed by atoms with Gasteiger partial charge >= 0.3 is 0 Å². The molecule has 2 aromatic rings. The minimum atomic E-state index is -4.73. The SMILES string of the molecule is CCC(/C=C1/C(OC(CS(=O)(=O)O)C(=O)NCC(=O)NCCOCCN2C(=O)C=CC2=O)C(/C=C2/N(C)c3ccccc3C2(C)C)C2OC12)=[N+](C)c1ccccc1CC. The van der Waals surface area contributed by atoms with Crippen LogP contribution in [0.2, 0.25) is 0 Å². The number of carbonyl (C=O) groups is 4. The van der Waals surface area contributed by atoms with Crippen LogP contribution in [-0.4, -0.2) is 129 Å². The van der Waals surface area contributed by atoms with E-state index in [4.69, 9.17) is 14.2 Å². The van der Waals surface area contributed by atoms with Crippen molar-refractivity contribution in [3.05, 3.63) is 95.2 Å². The number of fused-ring (bicyclic) bond motifs is 2. The molecule has 3 N–H and O–H groups in total. The van der Waals surface area contributed by atoms with Gasteiger partial charge in [-0.15, -0.1) is 0 Å². The molecule has 6 rings (SSSR count). The number of rotatable bonds is 18. The first-order chi connectivity index (χ1) is 28.0. The molecule has 2 fully saturated rings. The summed E-state index contributed by atoms with van der Waals surface area (Å²) >= 11 is 0. The minimum absolute atomic E-state index is 0.0662. The average Bonchev–Trinajstić information content (AvgIpc) is 3.81. The van der Waals surface area contributed by atoms with E-state index in [1.807, 2.05) is 51.4 Å². The second kappa shape index (κ2) is 18.1. The number of allylic oxidation sites excluding steroid dienone is 2. The molecule has 4 amide bonds. The van der Waals surface area contributed by atoms with Crippen molar-refractivity contribution in [1.82, 2.24) is 15.5 Å². The van der Waals surface area contributed by atoms with E-state index in [-0.39, 0.29) is 38.5 Å². The summed E-state index contributed by atoms with van der Waals surface area (Å²) in [6.07, 6.45) is 4.78. The molecule has 5 unspecified atom stereocenters. The molecule has 59 heavy (non-hydrogen) atoms. The van der Waals surface area contributed by atoms with Crippen LogP contribution in [0.3, 0.4) is 0 Å². The molecule has 4 aliphatic rings. The van der Waals surface area contributed by atoms with E-state index in [1.165, 1.54) is 17.7 Å². The van der Waals surface area contributed by atoms with Gasteiger partial charge in [-0.3, -0.25) is 28.6 Å². The first-order valence-corrected chi connectivity index (χ1v) is 21.5. The Hall–Kier alpha value is -5.00. The predicted molar refractivity (Wildman–Crippen MR) is 221 cm³/mol. The van der Waals surface area contributed by atoms with Crippen LogP contribution in [0.15, 0.2) is 84.1 Å². The molecule has 0 radical (unpaired) electrons. The van der Waals surface area contributed by atoms with E-state index >= 15 is 0 Å². The Morgan fingerprint density at radius 1 is 1.03 bits per heavy atom. The lowest BCUT2D eigenvalue weighted by molar-refractivity contribution is -0.406. The average molecular weight is 833 g/mol. The second-order valence-corrected chi connectivity index (χ2v) is 17.0. The smallest absolute Gasteiger partial charge is 0.267 e. The van der Waals surface area contributed by atoms with Crippen molar-refractivity contribution >= 4 is 50.8 Å². The van der Waals surface area contributed by atoms with Crippen LogP contribution in [0, 0.1) is 5.92 Å². The monoisotopic (exact) mass is 832 g/mol. The maximum absolute atomic E-state index is 13.7. The first kappa shape index (κ1) is 43.6. The van der Waals surface area contributed by atoms with E-state index in [0.29, 0.717) is 6.42 Å². The summed E-state index contributed by atoms with van der Waals surface area (Å²) in [5.74, 6) is -3.79. The predicted octanol–water partition coefficient (Wildman–Crippen LogP) is 2.82. The van der Waals surface area contributed by atoms with Gasteiger partial charge in [0.1, 0.15) is 18.9 Å². The molecule has 3 heterocycles. The zero-order valence-corrected chi connectivity index (χ0v) is 35.2. The van der Waals surface area contributed by atoms with Crippen molar-refractivity contribution in [2.24, 2.45) is 5.92 Å². The van der Waals surface area contributed by atoms with Crippen LogP contribution in [0.4, 0.5) is 11.4 Å². The fourth-order valence-electron chi connectivity index (χ4n) is 8.22. The molecule has 1 saturated heterocycles. The van der Waals surface area contributed by atoms with Gasteiger partial charge in [0.05, 0.1) is 38.5 Å². The number of amides is 4. The zero-order chi connectivity index (χ0) is 42.6. The van der Waals surface area contributed by atoms with E-state index in [1.54, 1.807) is 0 Å². The highest BCUT2D eigenvalue weighted by molar-refractivity contribution is 7.85. The number of para-hydroxylation sites is 2. The van der Waals surface area contributed by atoms with E-state index in [2.05, 4.69) is 71.2 Å². The Morgan fingerprint density at radius 3 is 2.41 bits per heavy atom. The summed E-state index contributed by atoms with van der Waals surface area (Å²) in [6, 6.07) is 16.3. The van der Waals surface area contributed by atoms with E-state index < -0.39 is 69.6 Å². The van der Waals surface area contributed by atoms with Crippen LogP contribution >= 0.6 is 0 Å². The largest absolute Gasteiger partial charge is 0.378 e. The van der Waals surface area contributed by atoms with Gasteiger partial charge in [-0.1, -0.05) is 70.2 Å². The van der Waals surface area contributed by atoms with Gasteiger partial charge < -0.3 is 29.7 Å². The number of ether oxygens (including phenoxy) is 3. The highest BCUT2D eigenvalue weighted by atomic mass is 32.2. The Bertz CT molecular complexity index is 2200. The Labute approximate surface area is 345 Å².